The average molecular weight is 491 g/mol. The summed E-state index contributed by atoms with van der Waals surface area (Å²) < 4.78 is 0. The van der Waals surface area contributed by atoms with Crippen LogP contribution in [0.5, 0.6) is 0 Å². The first-order valence-electron chi connectivity index (χ1n) is 8.93. The van der Waals surface area contributed by atoms with Gasteiger partial charge in [-0.15, -0.1) is 12.8 Å². The summed E-state index contributed by atoms with van der Waals surface area (Å²) in [6.45, 7) is 18.2. The van der Waals surface area contributed by atoms with E-state index in [-0.39, 0.29) is 30.2 Å². The van der Waals surface area contributed by atoms with Gasteiger partial charge in [-0.05, 0) is 10.8 Å². The monoisotopic (exact) mass is 488 g/mol. The molecule has 0 bridgehead atoms. The summed E-state index contributed by atoms with van der Waals surface area (Å²) in [4.78, 5) is 0. The quantitative estimate of drug-likeness (QED) is 0.401. The Hall–Kier alpha value is 0.640. The van der Waals surface area contributed by atoms with E-state index in [2.05, 4.69) is 91.1 Å². The van der Waals surface area contributed by atoms with Gasteiger partial charge in [0, 0.05) is 0 Å². The largest absolute Gasteiger partial charge is 1.00 e. The van der Waals surface area contributed by atoms with Crippen molar-refractivity contribution in [2.24, 2.45) is 10.8 Å². The van der Waals surface area contributed by atoms with Crippen LogP contribution in [0, 0.1) is 23.0 Å². The zero-order valence-electron chi connectivity index (χ0n) is 17.9. The normalized spacial score (nSPS) is 14.7. The second-order valence-electron chi connectivity index (χ2n) is 9.09. The maximum Gasteiger partial charge on any atom is -1.00 e. The van der Waals surface area contributed by atoms with Gasteiger partial charge in [0.25, 0.3) is 0 Å². The van der Waals surface area contributed by atoms with Crippen LogP contribution in [0.4, 0.5) is 0 Å². The van der Waals surface area contributed by atoms with Crippen molar-refractivity contribution < 1.29 is 48.1 Å². The fourth-order valence-electron chi connectivity index (χ4n) is 2.29. The van der Waals surface area contributed by atoms with Gasteiger partial charge in [-0.25, -0.2) is 23.3 Å². The Morgan fingerprint density at radius 3 is 1.23 bits per heavy atom. The molecule has 2 aliphatic carbocycles. The van der Waals surface area contributed by atoms with E-state index in [1.165, 1.54) is 11.1 Å². The molecule has 0 atom stereocenters. The van der Waals surface area contributed by atoms with Gasteiger partial charge in [-0.3, -0.25) is 12.2 Å². The number of halogens is 2. The smallest absolute Gasteiger partial charge is 1.00 e. The molecule has 0 unspecified atom stereocenters. The second kappa shape index (κ2) is 15.5. The second-order valence-corrected chi connectivity index (χ2v) is 18.5. The van der Waals surface area contributed by atoms with Crippen LogP contribution in [0.15, 0.2) is 35.5 Å². The van der Waals surface area contributed by atoms with Crippen molar-refractivity contribution in [1.29, 1.82) is 0 Å². The summed E-state index contributed by atoms with van der Waals surface area (Å²) >= 11 is 1.74. The minimum atomic E-state index is 0. The van der Waals surface area contributed by atoms with Gasteiger partial charge in [0.1, 0.15) is 0 Å². The van der Waals surface area contributed by atoms with Gasteiger partial charge >= 0.3 is 41.9 Å². The van der Waals surface area contributed by atoms with E-state index < -0.39 is 0 Å². The Balaban J connectivity index is -0.000000319. The van der Waals surface area contributed by atoms with Crippen LogP contribution in [0.2, 0.25) is 13.1 Å². The molecular weight excluding hydrogens is 454 g/mol. The summed E-state index contributed by atoms with van der Waals surface area (Å²) in [7, 11) is 0. The van der Waals surface area contributed by atoms with E-state index in [9.17, 15) is 0 Å². The fraction of sp³-hybridized carbons (Fsp3) is 0.636. The van der Waals surface area contributed by atoms with Crippen molar-refractivity contribution in [3.05, 3.63) is 47.6 Å². The van der Waals surface area contributed by atoms with Crippen LogP contribution < -0.4 is 24.8 Å². The average Bonchev–Trinajstić information content (AvgIpc) is 2.98. The minimum Gasteiger partial charge on any atom is -1.00 e. The van der Waals surface area contributed by atoms with Gasteiger partial charge in [-0.2, -0.15) is 12.2 Å². The van der Waals surface area contributed by atoms with Gasteiger partial charge in [-0.1, -0.05) is 54.4 Å². The molecule has 2 aliphatic rings. The maximum atomic E-state index is 3.32. The summed E-state index contributed by atoms with van der Waals surface area (Å²) in [5.41, 5.74) is 3.80. The molecule has 0 aromatic rings. The topological polar surface area (TPSA) is 0 Å². The van der Waals surface area contributed by atoms with Crippen LogP contribution in [0.3, 0.4) is 0 Å². The third-order valence-electron chi connectivity index (χ3n) is 2.97. The zero-order valence-corrected chi connectivity index (χ0v) is 22.9. The first-order chi connectivity index (χ1) is 10.9. The number of hydrogen-bond donors (Lipinski definition) is 0. The van der Waals surface area contributed by atoms with Crippen LogP contribution in [-0.2, 0) is 23.3 Å². The molecule has 26 heavy (non-hydrogen) atoms. The molecule has 4 heteroatoms. The van der Waals surface area contributed by atoms with Crippen molar-refractivity contribution in [2.45, 2.75) is 80.3 Å². The van der Waals surface area contributed by atoms with Gasteiger partial charge in [0.2, 0.25) is 0 Å². The molecule has 0 fully saturated rings. The molecule has 0 spiro atoms. The zero-order chi connectivity index (χ0) is 18.8. The third-order valence-corrected chi connectivity index (χ3v) is 2.97. The van der Waals surface area contributed by atoms with E-state index in [0.717, 1.165) is 25.7 Å². The number of allylic oxidation sites excluding steroid dienone is 8. The standard InChI is InChI=1S/2C10H15.C2H6Si.2ClH.Zr/c2*1-10(2,3)8-9-6-4-5-7-9;1-3-2;;;/h2*4,6H,5,8H2,1-3H3;1-2H3;2*1H;/q2*-1;;;;+2/p-2. The van der Waals surface area contributed by atoms with Crippen LogP contribution in [-0.4, -0.2) is 5.43 Å². The van der Waals surface area contributed by atoms with Crippen molar-refractivity contribution in [3.8, 4) is 0 Å². The first kappa shape index (κ1) is 31.3. The van der Waals surface area contributed by atoms with E-state index >= 15 is 0 Å². The molecule has 0 saturated carbocycles. The Morgan fingerprint density at radius 1 is 0.808 bits per heavy atom. The molecular formula is C22H36Cl2SiZr-2. The Labute approximate surface area is 191 Å². The number of rotatable bonds is 2. The summed E-state index contributed by atoms with van der Waals surface area (Å²) in [5.74, 6) is 0. The Morgan fingerprint density at radius 2 is 1.08 bits per heavy atom. The van der Waals surface area contributed by atoms with Crippen LogP contribution in [0.1, 0.15) is 67.2 Å². The van der Waals surface area contributed by atoms with Crippen molar-refractivity contribution in [1.82, 2.24) is 0 Å². The van der Waals surface area contributed by atoms with Gasteiger partial charge < -0.3 is 24.8 Å². The van der Waals surface area contributed by atoms with Crippen molar-refractivity contribution in [3.63, 3.8) is 0 Å². The van der Waals surface area contributed by atoms with Crippen molar-refractivity contribution >= 4 is 5.43 Å². The molecule has 0 aromatic heterocycles. The van der Waals surface area contributed by atoms with E-state index in [0.29, 0.717) is 10.8 Å². The SMILES string of the molecule is CC(C)(C)CC1=[C-]CC=C1.CC(C)(C)CC1=[C-]CC=C1.C[Si](C)=[Zr+2].[Cl-].[Cl-]. The predicted octanol–water partition coefficient (Wildman–Crippen LogP) is 1.02. The van der Waals surface area contributed by atoms with Gasteiger partial charge in [0.05, 0.1) is 0 Å². The molecule has 2 rings (SSSR count). The van der Waals surface area contributed by atoms with E-state index in [1.54, 1.807) is 23.3 Å². The Kier molecular flexibility index (Phi) is 18.7. The summed E-state index contributed by atoms with van der Waals surface area (Å²) in [6.07, 6.45) is 19.7. The molecule has 0 heterocycles. The molecule has 0 amide bonds. The molecule has 0 aromatic carbocycles. The molecule has 0 aliphatic heterocycles. The summed E-state index contributed by atoms with van der Waals surface area (Å²) in [5, 5.41) is 0. The van der Waals surface area contributed by atoms with Gasteiger partial charge in [0.15, 0.2) is 0 Å². The fourth-order valence-corrected chi connectivity index (χ4v) is 2.29. The summed E-state index contributed by atoms with van der Waals surface area (Å²) in [6, 6.07) is 0. The molecule has 0 saturated heterocycles. The predicted molar refractivity (Wildman–Crippen MR) is 107 cm³/mol. The van der Waals surface area contributed by atoms with Crippen LogP contribution >= 0.6 is 0 Å². The van der Waals surface area contributed by atoms with Crippen LogP contribution in [0.25, 0.3) is 0 Å². The Bertz CT molecular complexity index is 469. The maximum absolute atomic E-state index is 3.32. The third kappa shape index (κ3) is 22.7. The molecule has 0 radical (unpaired) electrons. The molecule has 148 valence electrons. The molecule has 0 nitrogen and oxygen atoms in total. The van der Waals surface area contributed by atoms with Crippen molar-refractivity contribution in [2.75, 3.05) is 0 Å². The number of hydrogen-bond acceptors (Lipinski definition) is 0. The molecule has 0 N–H and O–H groups in total. The van der Waals surface area contributed by atoms with E-state index in [1.807, 2.05) is 0 Å². The first-order valence-corrected chi connectivity index (χ1v) is 15.1. The van der Waals surface area contributed by atoms with E-state index in [4.69, 9.17) is 0 Å². The minimum absolute atomic E-state index is 0.